The van der Waals surface area contributed by atoms with Gasteiger partial charge in [0.2, 0.25) is 0 Å². The molecule has 0 aliphatic heterocycles. The molecule has 18 heavy (non-hydrogen) atoms. The van der Waals surface area contributed by atoms with Crippen molar-refractivity contribution in [3.63, 3.8) is 0 Å². The molecule has 0 fully saturated rings. The predicted molar refractivity (Wildman–Crippen MR) is 82.3 cm³/mol. The molecule has 0 heteroatoms. The van der Waals surface area contributed by atoms with Crippen molar-refractivity contribution in [1.82, 2.24) is 0 Å². The second-order valence-corrected chi connectivity index (χ2v) is 6.58. The Morgan fingerprint density at radius 1 is 1.11 bits per heavy atom. The van der Waals surface area contributed by atoms with Crippen molar-refractivity contribution >= 4 is 0 Å². The monoisotopic (exact) mass is 246 g/mol. The maximum absolute atomic E-state index is 2.44. The summed E-state index contributed by atoms with van der Waals surface area (Å²) < 4.78 is 0. The zero-order valence-electron chi connectivity index (χ0n) is 13.1. The summed E-state index contributed by atoms with van der Waals surface area (Å²) in [7, 11) is 0. The highest BCUT2D eigenvalue weighted by Crippen LogP contribution is 2.32. The first-order chi connectivity index (χ1) is 8.40. The van der Waals surface area contributed by atoms with Crippen LogP contribution in [0.25, 0.3) is 0 Å². The molecule has 0 nitrogen and oxygen atoms in total. The molecule has 0 saturated carbocycles. The van der Waals surface area contributed by atoms with E-state index >= 15 is 0 Å². The van der Waals surface area contributed by atoms with E-state index in [1.165, 1.54) is 24.8 Å². The van der Waals surface area contributed by atoms with Crippen LogP contribution >= 0.6 is 0 Å². The number of rotatable bonds is 6. The molecule has 0 bridgehead atoms. The smallest absolute Gasteiger partial charge is 0.0101 e. The molecule has 0 saturated heterocycles. The van der Waals surface area contributed by atoms with Crippen molar-refractivity contribution in [3.8, 4) is 0 Å². The fraction of sp³-hybridized carbons (Fsp3) is 0.667. The highest BCUT2D eigenvalue weighted by molar-refractivity contribution is 5.37. The van der Waals surface area contributed by atoms with E-state index < -0.39 is 0 Å². The maximum atomic E-state index is 2.44. The summed E-state index contributed by atoms with van der Waals surface area (Å²) in [5.74, 6) is 0.740. The van der Waals surface area contributed by atoms with Crippen molar-refractivity contribution in [2.24, 2.45) is 5.92 Å². The second-order valence-electron chi connectivity index (χ2n) is 6.58. The average Bonchev–Trinajstić information content (AvgIpc) is 2.27. The molecular formula is C18H30. The van der Waals surface area contributed by atoms with Gasteiger partial charge in [-0.3, -0.25) is 0 Å². The summed E-state index contributed by atoms with van der Waals surface area (Å²) in [4.78, 5) is 0. The van der Waals surface area contributed by atoms with Crippen LogP contribution in [0.3, 0.4) is 0 Å². The molecule has 1 aromatic carbocycles. The van der Waals surface area contributed by atoms with Gasteiger partial charge in [0.15, 0.2) is 0 Å². The lowest BCUT2D eigenvalue weighted by Gasteiger charge is -2.28. The van der Waals surface area contributed by atoms with Crippen LogP contribution in [0.5, 0.6) is 0 Å². The van der Waals surface area contributed by atoms with E-state index in [9.17, 15) is 0 Å². The average molecular weight is 246 g/mol. The van der Waals surface area contributed by atoms with E-state index in [4.69, 9.17) is 0 Å². The van der Waals surface area contributed by atoms with Gasteiger partial charge in [0.25, 0.3) is 0 Å². The summed E-state index contributed by atoms with van der Waals surface area (Å²) in [6.07, 6.45) is 4.86. The minimum Gasteiger partial charge on any atom is -0.0654 e. The number of hydrogen-bond acceptors (Lipinski definition) is 0. The summed E-state index contributed by atoms with van der Waals surface area (Å²) >= 11 is 0. The van der Waals surface area contributed by atoms with Gasteiger partial charge in [-0.05, 0) is 47.3 Å². The molecule has 0 aromatic heterocycles. The van der Waals surface area contributed by atoms with Gasteiger partial charge in [0, 0.05) is 0 Å². The van der Waals surface area contributed by atoms with Crippen molar-refractivity contribution in [1.29, 1.82) is 0 Å². The van der Waals surface area contributed by atoms with Gasteiger partial charge in [-0.1, -0.05) is 66.2 Å². The quantitative estimate of drug-likeness (QED) is 0.619. The molecule has 0 aliphatic carbocycles. The van der Waals surface area contributed by atoms with Crippen LogP contribution in [-0.2, 0) is 18.3 Å². The third-order valence-electron chi connectivity index (χ3n) is 3.80. The fourth-order valence-electron chi connectivity index (χ4n) is 2.96. The van der Waals surface area contributed by atoms with E-state index in [2.05, 4.69) is 59.7 Å². The van der Waals surface area contributed by atoms with Crippen LogP contribution in [0.4, 0.5) is 0 Å². The van der Waals surface area contributed by atoms with Gasteiger partial charge in [0.1, 0.15) is 0 Å². The summed E-state index contributed by atoms with van der Waals surface area (Å²) in [5.41, 5.74) is 4.92. The van der Waals surface area contributed by atoms with Crippen molar-refractivity contribution in [2.75, 3.05) is 0 Å². The molecule has 0 atom stereocenters. The molecular weight excluding hydrogens is 216 g/mol. The van der Waals surface area contributed by atoms with Crippen LogP contribution in [0.1, 0.15) is 71.1 Å². The first-order valence-corrected chi connectivity index (χ1v) is 7.53. The third-order valence-corrected chi connectivity index (χ3v) is 3.80. The Morgan fingerprint density at radius 2 is 1.78 bits per heavy atom. The van der Waals surface area contributed by atoms with E-state index in [-0.39, 0.29) is 0 Å². The number of aryl methyl sites for hydroxylation is 1. The largest absolute Gasteiger partial charge is 0.0654 e. The highest BCUT2D eigenvalue weighted by Gasteiger charge is 2.22. The molecule has 0 N–H and O–H groups in total. The SMILES string of the molecule is CCCC(C)(C)c1ccc(CC(C)C)cc1CC. The topological polar surface area (TPSA) is 0 Å². The number of benzene rings is 1. The molecule has 0 unspecified atom stereocenters. The Balaban J connectivity index is 3.07. The Morgan fingerprint density at radius 3 is 2.28 bits per heavy atom. The van der Waals surface area contributed by atoms with Crippen molar-refractivity contribution in [3.05, 3.63) is 34.9 Å². The normalized spacial score (nSPS) is 12.2. The highest BCUT2D eigenvalue weighted by atomic mass is 14.3. The lowest BCUT2D eigenvalue weighted by atomic mass is 9.77. The number of hydrogen-bond donors (Lipinski definition) is 0. The molecule has 0 heterocycles. The van der Waals surface area contributed by atoms with Gasteiger partial charge in [0.05, 0.1) is 0 Å². The Labute approximate surface area is 114 Å². The fourth-order valence-corrected chi connectivity index (χ4v) is 2.96. The molecule has 1 rings (SSSR count). The Hall–Kier alpha value is -0.780. The maximum Gasteiger partial charge on any atom is -0.0101 e. The molecule has 102 valence electrons. The first-order valence-electron chi connectivity index (χ1n) is 7.53. The van der Waals surface area contributed by atoms with Crippen molar-refractivity contribution in [2.45, 2.75) is 72.6 Å². The van der Waals surface area contributed by atoms with Crippen LogP contribution in [-0.4, -0.2) is 0 Å². The van der Waals surface area contributed by atoms with Crippen LogP contribution in [0.2, 0.25) is 0 Å². The molecule has 0 spiro atoms. The van der Waals surface area contributed by atoms with Crippen LogP contribution in [0, 0.1) is 5.92 Å². The van der Waals surface area contributed by atoms with E-state index in [1.54, 1.807) is 11.1 Å². The zero-order chi connectivity index (χ0) is 13.8. The standard InChI is InChI=1S/C18H30/c1-7-11-18(5,6)17-10-9-15(12-14(3)4)13-16(17)8-2/h9-10,13-14H,7-8,11-12H2,1-6H3. The summed E-state index contributed by atoms with van der Waals surface area (Å²) in [6, 6.07) is 7.16. The molecule has 0 radical (unpaired) electrons. The summed E-state index contributed by atoms with van der Waals surface area (Å²) in [6.45, 7) is 13.9. The van der Waals surface area contributed by atoms with E-state index in [1.807, 2.05) is 0 Å². The molecule has 1 aromatic rings. The minimum absolute atomic E-state index is 0.316. The minimum atomic E-state index is 0.316. The van der Waals surface area contributed by atoms with E-state index in [0.29, 0.717) is 5.41 Å². The van der Waals surface area contributed by atoms with Crippen molar-refractivity contribution < 1.29 is 0 Å². The second kappa shape index (κ2) is 6.41. The zero-order valence-corrected chi connectivity index (χ0v) is 13.1. The predicted octanol–water partition coefficient (Wildman–Crippen LogP) is 5.53. The van der Waals surface area contributed by atoms with Gasteiger partial charge < -0.3 is 0 Å². The lowest BCUT2D eigenvalue weighted by molar-refractivity contribution is 0.469. The van der Waals surface area contributed by atoms with Crippen LogP contribution < -0.4 is 0 Å². The summed E-state index contributed by atoms with van der Waals surface area (Å²) in [5, 5.41) is 0. The molecule has 0 aliphatic rings. The van der Waals surface area contributed by atoms with Gasteiger partial charge in [-0.2, -0.15) is 0 Å². The van der Waals surface area contributed by atoms with Gasteiger partial charge in [-0.15, -0.1) is 0 Å². The molecule has 0 amide bonds. The Bertz CT molecular complexity index is 372. The van der Waals surface area contributed by atoms with E-state index in [0.717, 1.165) is 12.3 Å². The van der Waals surface area contributed by atoms with Gasteiger partial charge in [-0.25, -0.2) is 0 Å². The Kier molecular flexibility index (Phi) is 5.44. The first kappa shape index (κ1) is 15.3. The van der Waals surface area contributed by atoms with Crippen LogP contribution in [0.15, 0.2) is 18.2 Å². The lowest BCUT2D eigenvalue weighted by Crippen LogP contribution is -2.19. The van der Waals surface area contributed by atoms with Gasteiger partial charge >= 0.3 is 0 Å². The third kappa shape index (κ3) is 3.86.